The van der Waals surface area contributed by atoms with E-state index in [0.29, 0.717) is 36.7 Å². The maximum atomic E-state index is 13.0. The number of amides is 1. The fraction of sp³-hybridized carbons (Fsp3) is 0.350. The normalized spacial score (nSPS) is 15.3. The molecule has 0 spiro atoms. The van der Waals surface area contributed by atoms with Gasteiger partial charge in [0.2, 0.25) is 5.75 Å². The van der Waals surface area contributed by atoms with E-state index >= 15 is 0 Å². The molecule has 1 aliphatic heterocycles. The van der Waals surface area contributed by atoms with Gasteiger partial charge in [-0.15, -0.1) is 0 Å². The van der Waals surface area contributed by atoms with Gasteiger partial charge in [0.15, 0.2) is 11.6 Å². The van der Waals surface area contributed by atoms with E-state index in [9.17, 15) is 19.1 Å². The highest BCUT2D eigenvalue weighted by Crippen LogP contribution is 2.30. The molecule has 1 aromatic heterocycles. The van der Waals surface area contributed by atoms with Crippen LogP contribution in [0, 0.1) is 5.82 Å². The highest BCUT2D eigenvalue weighted by atomic mass is 19.1. The summed E-state index contributed by atoms with van der Waals surface area (Å²) in [7, 11) is 3.26. The maximum Gasteiger partial charge on any atom is 0.296 e. The fourth-order valence-corrected chi connectivity index (χ4v) is 3.31. The van der Waals surface area contributed by atoms with Crippen LogP contribution in [0.25, 0.3) is 0 Å². The zero-order valence-electron chi connectivity index (χ0n) is 16.3. The van der Waals surface area contributed by atoms with Crippen molar-refractivity contribution in [3.05, 3.63) is 70.0 Å². The third-order valence-electron chi connectivity index (χ3n) is 5.01. The zero-order chi connectivity index (χ0) is 21.1. The monoisotopic (exact) mass is 402 g/mol. The second-order valence-corrected chi connectivity index (χ2v) is 6.80. The summed E-state index contributed by atoms with van der Waals surface area (Å²) >= 11 is 0. The molecule has 154 valence electrons. The first-order valence-corrected chi connectivity index (χ1v) is 9.15. The Balaban J connectivity index is 1.90. The van der Waals surface area contributed by atoms with E-state index in [0.717, 1.165) is 0 Å². The van der Waals surface area contributed by atoms with Gasteiger partial charge < -0.3 is 20.1 Å². The molecule has 1 unspecified atom stereocenters. The second kappa shape index (κ2) is 8.34. The summed E-state index contributed by atoms with van der Waals surface area (Å²) in [6.45, 7) is 4.32. The van der Waals surface area contributed by atoms with Crippen LogP contribution in [0.3, 0.4) is 0 Å². The Kier molecular flexibility index (Phi) is 5.86. The van der Waals surface area contributed by atoms with E-state index in [2.05, 4.69) is 16.9 Å². The van der Waals surface area contributed by atoms with Crippen LogP contribution in [0.2, 0.25) is 0 Å². The molecule has 0 radical (unpaired) electrons. The first-order valence-electron chi connectivity index (χ1n) is 9.15. The van der Waals surface area contributed by atoms with Crippen molar-refractivity contribution in [2.45, 2.75) is 32.0 Å². The van der Waals surface area contributed by atoms with Crippen molar-refractivity contribution in [2.75, 3.05) is 14.2 Å². The molecule has 0 aliphatic carbocycles. The van der Waals surface area contributed by atoms with Gasteiger partial charge in [-0.3, -0.25) is 14.2 Å². The number of halogens is 1. The van der Waals surface area contributed by atoms with E-state index in [1.54, 1.807) is 11.9 Å². The van der Waals surface area contributed by atoms with Gasteiger partial charge in [-0.05, 0) is 37.1 Å². The molecule has 2 N–H and O–H groups in total. The van der Waals surface area contributed by atoms with Crippen LogP contribution in [0.5, 0.6) is 5.75 Å². The highest BCUT2D eigenvalue weighted by Gasteiger charge is 2.31. The largest absolute Gasteiger partial charge is 0.501 e. The van der Waals surface area contributed by atoms with Gasteiger partial charge in [-0.1, -0.05) is 12.1 Å². The van der Waals surface area contributed by atoms with Crippen LogP contribution >= 0.6 is 0 Å². The van der Waals surface area contributed by atoms with Gasteiger partial charge in [0.1, 0.15) is 11.6 Å². The van der Waals surface area contributed by atoms with Crippen molar-refractivity contribution in [3.63, 3.8) is 0 Å². The number of fused-ring (bicyclic) bond motifs is 1. The van der Waals surface area contributed by atoms with Gasteiger partial charge in [0, 0.05) is 20.1 Å². The predicted octanol–water partition coefficient (Wildman–Crippen LogP) is 1.90. The zero-order valence-corrected chi connectivity index (χ0v) is 16.3. The first kappa shape index (κ1) is 20.4. The van der Waals surface area contributed by atoms with Gasteiger partial charge in [0.25, 0.3) is 11.5 Å². The number of benzene rings is 1. The van der Waals surface area contributed by atoms with Crippen molar-refractivity contribution in [1.29, 1.82) is 0 Å². The van der Waals surface area contributed by atoms with E-state index in [4.69, 9.17) is 4.74 Å². The first-order chi connectivity index (χ1) is 13.8. The number of ether oxygens (including phenoxy) is 1. The summed E-state index contributed by atoms with van der Waals surface area (Å²) in [5.41, 5.74) is -0.335. The van der Waals surface area contributed by atoms with Gasteiger partial charge in [-0.2, -0.15) is 0 Å². The van der Waals surface area contributed by atoms with Crippen molar-refractivity contribution in [3.8, 4) is 5.75 Å². The molecule has 1 amide bonds. The quantitative estimate of drug-likeness (QED) is 0.717. The molecule has 9 heteroatoms. The second-order valence-electron chi connectivity index (χ2n) is 6.80. The average molecular weight is 402 g/mol. The summed E-state index contributed by atoms with van der Waals surface area (Å²) < 4.78 is 19.5. The predicted molar refractivity (Wildman–Crippen MR) is 104 cm³/mol. The molecule has 2 aromatic rings. The third kappa shape index (κ3) is 4.08. The summed E-state index contributed by atoms with van der Waals surface area (Å²) in [6.07, 6.45) is 1.39. The molecule has 3 rings (SSSR count). The van der Waals surface area contributed by atoms with E-state index < -0.39 is 17.2 Å². The summed E-state index contributed by atoms with van der Waals surface area (Å²) in [5.74, 6) is -1.00. The van der Waals surface area contributed by atoms with Crippen LogP contribution in [0.15, 0.2) is 41.5 Å². The smallest absolute Gasteiger partial charge is 0.296 e. The number of nitrogens with zero attached hydrogens (tertiary/aromatic N) is 3. The number of aromatic hydroxyl groups is 1. The Labute approximate surface area is 167 Å². The summed E-state index contributed by atoms with van der Waals surface area (Å²) in [5, 5.41) is 12.9. The Bertz CT molecular complexity index is 987. The van der Waals surface area contributed by atoms with Crippen molar-refractivity contribution < 1.29 is 19.0 Å². The number of carbonyl (C=O) groups excluding carboxylic acids is 1. The van der Waals surface area contributed by atoms with Crippen LogP contribution in [-0.4, -0.2) is 39.6 Å². The lowest BCUT2D eigenvalue weighted by molar-refractivity contribution is 0.0937. The molecule has 29 heavy (non-hydrogen) atoms. The molecule has 1 aliphatic rings. The summed E-state index contributed by atoms with van der Waals surface area (Å²) in [4.78, 5) is 31.3. The minimum atomic E-state index is -0.695. The van der Waals surface area contributed by atoms with E-state index in [1.165, 1.54) is 35.9 Å². The maximum absolute atomic E-state index is 13.0. The molecule has 1 atom stereocenters. The molecule has 2 heterocycles. The highest BCUT2D eigenvalue weighted by molar-refractivity contribution is 5.94. The molecule has 1 aromatic carbocycles. The molecule has 0 saturated carbocycles. The van der Waals surface area contributed by atoms with Crippen LogP contribution < -0.4 is 10.9 Å². The van der Waals surface area contributed by atoms with E-state index in [1.807, 2.05) is 0 Å². The Morgan fingerprint density at radius 2 is 2.14 bits per heavy atom. The van der Waals surface area contributed by atoms with Crippen LogP contribution in [0.1, 0.15) is 40.8 Å². The number of rotatable bonds is 6. The third-order valence-corrected chi connectivity index (χ3v) is 5.01. The van der Waals surface area contributed by atoms with E-state index in [-0.39, 0.29) is 24.1 Å². The van der Waals surface area contributed by atoms with Crippen molar-refractivity contribution in [2.24, 2.45) is 0 Å². The standard InChI is InChI=1S/C20H23FN4O4/c1-12(29-3)24(2)15-5-4-10-25-18(15)23-16(17(26)20(25)28)19(27)22-11-13-6-8-14(21)9-7-13/h6-9,15,26H,1,4-5,10-11H2,2-3H3,(H,22,27). The van der Waals surface area contributed by atoms with Gasteiger partial charge >= 0.3 is 0 Å². The lowest BCUT2D eigenvalue weighted by Gasteiger charge is -2.34. The van der Waals surface area contributed by atoms with Crippen molar-refractivity contribution in [1.82, 2.24) is 19.8 Å². The molecule has 0 saturated heterocycles. The average Bonchev–Trinajstić information content (AvgIpc) is 2.74. The van der Waals surface area contributed by atoms with Gasteiger partial charge in [0.05, 0.1) is 13.2 Å². The molecule has 0 fully saturated rings. The summed E-state index contributed by atoms with van der Waals surface area (Å²) in [6, 6.07) is 5.31. The van der Waals surface area contributed by atoms with Crippen LogP contribution in [0.4, 0.5) is 4.39 Å². The van der Waals surface area contributed by atoms with Gasteiger partial charge in [-0.25, -0.2) is 9.37 Å². The Morgan fingerprint density at radius 3 is 2.79 bits per heavy atom. The number of hydrogen-bond donors (Lipinski definition) is 2. The number of nitrogens with one attached hydrogen (secondary N) is 1. The minimum Gasteiger partial charge on any atom is -0.501 e. The number of methoxy groups -OCH3 is 1. The lowest BCUT2D eigenvalue weighted by Crippen LogP contribution is -2.38. The molecule has 0 bridgehead atoms. The number of carbonyl (C=O) groups is 1. The Hall–Kier alpha value is -3.36. The minimum absolute atomic E-state index is 0.0997. The topological polar surface area (TPSA) is 96.7 Å². The van der Waals surface area contributed by atoms with Crippen molar-refractivity contribution >= 4 is 5.91 Å². The Morgan fingerprint density at radius 1 is 1.45 bits per heavy atom. The lowest BCUT2D eigenvalue weighted by atomic mass is 10.0. The van der Waals surface area contributed by atoms with Crippen LogP contribution in [-0.2, 0) is 17.8 Å². The SMILES string of the molecule is C=C(OC)N(C)C1CCCn2c1nc(C(=O)NCc1ccc(F)cc1)c(O)c2=O. The molecular formula is C20H23FN4O4. The number of hydrogen-bond acceptors (Lipinski definition) is 6. The molecular weight excluding hydrogens is 379 g/mol. The number of aromatic nitrogens is 2. The molecule has 8 nitrogen and oxygen atoms in total. The fourth-order valence-electron chi connectivity index (χ4n) is 3.31.